The van der Waals surface area contributed by atoms with Crippen LogP contribution in [0.3, 0.4) is 0 Å². The molecule has 0 radical (unpaired) electrons. The van der Waals surface area contributed by atoms with Gasteiger partial charge in [0.05, 0.1) is 27.0 Å². The van der Waals surface area contributed by atoms with E-state index in [1.807, 2.05) is 24.3 Å². The van der Waals surface area contributed by atoms with E-state index in [1.54, 1.807) is 20.5 Å². The highest BCUT2D eigenvalue weighted by Gasteiger charge is 2.11. The first-order valence-corrected chi connectivity index (χ1v) is 6.67. The number of hydrogen-bond acceptors (Lipinski definition) is 4. The zero-order chi connectivity index (χ0) is 13.7. The molecule has 2 aromatic rings. The second-order valence-corrected chi connectivity index (χ2v) is 4.90. The Kier molecular flexibility index (Phi) is 4.87. The number of hydrogen-bond donors (Lipinski definition) is 1. The molecular formula is C14H16BrNO3. The van der Waals surface area contributed by atoms with Crippen LogP contribution in [0, 0.1) is 0 Å². The van der Waals surface area contributed by atoms with Crippen molar-refractivity contribution in [2.24, 2.45) is 0 Å². The van der Waals surface area contributed by atoms with Gasteiger partial charge in [-0.15, -0.1) is 0 Å². The van der Waals surface area contributed by atoms with Crippen molar-refractivity contribution in [3.8, 4) is 11.5 Å². The van der Waals surface area contributed by atoms with Gasteiger partial charge in [-0.3, -0.25) is 0 Å². The minimum absolute atomic E-state index is 0.666. The lowest BCUT2D eigenvalue weighted by Crippen LogP contribution is -2.13. The number of furan rings is 1. The van der Waals surface area contributed by atoms with Gasteiger partial charge in [0.1, 0.15) is 5.76 Å². The van der Waals surface area contributed by atoms with E-state index >= 15 is 0 Å². The summed E-state index contributed by atoms with van der Waals surface area (Å²) in [7, 11) is 3.27. The molecule has 19 heavy (non-hydrogen) atoms. The molecule has 0 aliphatic heterocycles. The molecular weight excluding hydrogens is 310 g/mol. The summed E-state index contributed by atoms with van der Waals surface area (Å²) in [5.41, 5.74) is 1.03. The first-order valence-electron chi connectivity index (χ1n) is 5.88. The molecule has 0 unspecified atom stereocenters. The molecule has 102 valence electrons. The Hall–Kier alpha value is -1.46. The summed E-state index contributed by atoms with van der Waals surface area (Å²) in [5.74, 6) is 2.37. The number of rotatable bonds is 6. The van der Waals surface area contributed by atoms with E-state index in [-0.39, 0.29) is 0 Å². The van der Waals surface area contributed by atoms with Crippen molar-refractivity contribution in [2.75, 3.05) is 14.2 Å². The molecule has 0 atom stereocenters. The fourth-order valence-electron chi connectivity index (χ4n) is 1.87. The molecule has 1 heterocycles. The topological polar surface area (TPSA) is 43.6 Å². The predicted molar refractivity (Wildman–Crippen MR) is 76.5 cm³/mol. The lowest BCUT2D eigenvalue weighted by molar-refractivity contribution is 0.350. The average molecular weight is 326 g/mol. The molecule has 0 amide bonds. The van der Waals surface area contributed by atoms with Crippen LogP contribution in [0.5, 0.6) is 11.5 Å². The number of methoxy groups -OCH3 is 2. The molecule has 0 aliphatic carbocycles. The van der Waals surface area contributed by atoms with Crippen molar-refractivity contribution >= 4 is 15.9 Å². The van der Waals surface area contributed by atoms with Crippen LogP contribution >= 0.6 is 15.9 Å². The number of benzene rings is 1. The summed E-state index contributed by atoms with van der Waals surface area (Å²) in [6, 6.07) is 7.71. The maximum Gasteiger partial charge on any atom is 0.165 e. The number of halogens is 1. The third kappa shape index (κ3) is 3.52. The van der Waals surface area contributed by atoms with Crippen LogP contribution in [0.1, 0.15) is 11.3 Å². The first-order chi connectivity index (χ1) is 9.24. The lowest BCUT2D eigenvalue weighted by Gasteiger charge is -2.13. The normalized spacial score (nSPS) is 10.5. The Morgan fingerprint density at radius 2 is 2.05 bits per heavy atom. The molecule has 1 aromatic heterocycles. The molecule has 2 rings (SSSR count). The highest BCUT2D eigenvalue weighted by Crippen LogP contribution is 2.34. The summed E-state index contributed by atoms with van der Waals surface area (Å²) in [4.78, 5) is 0. The predicted octanol–water partition coefficient (Wildman–Crippen LogP) is 3.35. The monoisotopic (exact) mass is 325 g/mol. The van der Waals surface area contributed by atoms with E-state index in [0.29, 0.717) is 18.8 Å². The average Bonchev–Trinajstić information content (AvgIpc) is 2.91. The zero-order valence-corrected chi connectivity index (χ0v) is 12.5. The van der Waals surface area contributed by atoms with Crippen LogP contribution in [0.2, 0.25) is 0 Å². The van der Waals surface area contributed by atoms with Gasteiger partial charge in [-0.2, -0.15) is 0 Å². The van der Waals surface area contributed by atoms with Gasteiger partial charge in [0.15, 0.2) is 11.5 Å². The lowest BCUT2D eigenvalue weighted by atomic mass is 10.2. The number of ether oxygens (including phenoxy) is 2. The van der Waals surface area contributed by atoms with E-state index in [9.17, 15) is 0 Å². The molecule has 0 saturated carbocycles. The van der Waals surface area contributed by atoms with Gasteiger partial charge in [-0.25, -0.2) is 0 Å². The molecule has 0 fully saturated rings. The molecule has 1 aromatic carbocycles. The SMILES string of the molecule is COc1cc(Br)cc(CNCc2ccco2)c1OC. The fourth-order valence-corrected chi connectivity index (χ4v) is 2.36. The molecule has 4 nitrogen and oxygen atoms in total. The largest absolute Gasteiger partial charge is 0.493 e. The second-order valence-electron chi connectivity index (χ2n) is 3.98. The summed E-state index contributed by atoms with van der Waals surface area (Å²) in [5, 5.41) is 3.31. The first kappa shape index (κ1) is 14.0. The maximum absolute atomic E-state index is 5.40. The van der Waals surface area contributed by atoms with E-state index in [4.69, 9.17) is 13.9 Å². The Bertz CT molecular complexity index is 526. The quantitative estimate of drug-likeness (QED) is 0.884. The van der Waals surface area contributed by atoms with Crippen LogP contribution in [0.4, 0.5) is 0 Å². The highest BCUT2D eigenvalue weighted by atomic mass is 79.9. The Morgan fingerprint density at radius 3 is 2.68 bits per heavy atom. The van der Waals surface area contributed by atoms with Crippen molar-refractivity contribution in [1.82, 2.24) is 5.32 Å². The minimum atomic E-state index is 0.666. The second kappa shape index (κ2) is 6.63. The van der Waals surface area contributed by atoms with Crippen molar-refractivity contribution in [2.45, 2.75) is 13.1 Å². The Labute approximate surface area is 120 Å². The maximum atomic E-state index is 5.40. The van der Waals surface area contributed by atoms with Gasteiger partial charge < -0.3 is 19.2 Å². The van der Waals surface area contributed by atoms with E-state index in [1.165, 1.54) is 0 Å². The summed E-state index contributed by atoms with van der Waals surface area (Å²) in [6.07, 6.45) is 1.67. The molecule has 0 spiro atoms. The van der Waals surface area contributed by atoms with Crippen molar-refractivity contribution in [3.05, 3.63) is 46.3 Å². The Balaban J connectivity index is 2.08. The molecule has 1 N–H and O–H groups in total. The molecule has 0 aliphatic rings. The zero-order valence-electron chi connectivity index (χ0n) is 10.9. The van der Waals surface area contributed by atoms with Crippen molar-refractivity contribution < 1.29 is 13.9 Å². The minimum Gasteiger partial charge on any atom is -0.493 e. The van der Waals surface area contributed by atoms with Gasteiger partial charge in [0, 0.05) is 16.6 Å². The summed E-state index contributed by atoms with van der Waals surface area (Å²) >= 11 is 3.47. The van der Waals surface area contributed by atoms with Crippen LogP contribution < -0.4 is 14.8 Å². The van der Waals surface area contributed by atoms with Crippen LogP contribution in [-0.2, 0) is 13.1 Å². The van der Waals surface area contributed by atoms with Gasteiger partial charge in [-0.05, 0) is 24.3 Å². The van der Waals surface area contributed by atoms with Gasteiger partial charge in [0.25, 0.3) is 0 Å². The van der Waals surface area contributed by atoms with E-state index in [2.05, 4.69) is 21.2 Å². The third-order valence-electron chi connectivity index (χ3n) is 2.72. The summed E-state index contributed by atoms with van der Waals surface area (Å²) in [6.45, 7) is 1.34. The third-order valence-corrected chi connectivity index (χ3v) is 3.17. The standard InChI is InChI=1S/C14H16BrNO3/c1-17-13-7-11(15)6-10(14(13)18-2)8-16-9-12-4-3-5-19-12/h3-7,16H,8-9H2,1-2H3. The van der Waals surface area contributed by atoms with Gasteiger partial charge in [0.2, 0.25) is 0 Å². The molecule has 5 heteroatoms. The van der Waals surface area contributed by atoms with E-state index < -0.39 is 0 Å². The van der Waals surface area contributed by atoms with Crippen LogP contribution in [0.15, 0.2) is 39.4 Å². The van der Waals surface area contributed by atoms with Gasteiger partial charge in [-0.1, -0.05) is 15.9 Å². The van der Waals surface area contributed by atoms with Crippen LogP contribution in [0.25, 0.3) is 0 Å². The Morgan fingerprint density at radius 1 is 1.21 bits per heavy atom. The highest BCUT2D eigenvalue weighted by molar-refractivity contribution is 9.10. The van der Waals surface area contributed by atoms with Crippen molar-refractivity contribution in [1.29, 1.82) is 0 Å². The fraction of sp³-hybridized carbons (Fsp3) is 0.286. The number of nitrogens with one attached hydrogen (secondary N) is 1. The van der Waals surface area contributed by atoms with Gasteiger partial charge >= 0.3 is 0 Å². The van der Waals surface area contributed by atoms with Crippen LogP contribution in [-0.4, -0.2) is 14.2 Å². The molecule has 0 bridgehead atoms. The smallest absolute Gasteiger partial charge is 0.165 e. The summed E-state index contributed by atoms with van der Waals surface area (Å²) < 4.78 is 16.9. The van der Waals surface area contributed by atoms with Crippen molar-refractivity contribution in [3.63, 3.8) is 0 Å². The molecule has 0 saturated heterocycles. The van der Waals surface area contributed by atoms with E-state index in [0.717, 1.165) is 21.5 Å².